The molecule has 30 heavy (non-hydrogen) atoms. The molecule has 4 amide bonds. The van der Waals surface area contributed by atoms with Crippen molar-refractivity contribution < 1.29 is 33.5 Å². The lowest BCUT2D eigenvalue weighted by Crippen LogP contribution is -2.73. The van der Waals surface area contributed by atoms with Crippen molar-refractivity contribution in [1.82, 2.24) is 10.4 Å². The van der Waals surface area contributed by atoms with E-state index in [-0.39, 0.29) is 25.4 Å². The number of anilines is 1. The minimum Gasteiger partial charge on any atom is -0.497 e. The van der Waals surface area contributed by atoms with Crippen LogP contribution in [0.3, 0.4) is 0 Å². The molecule has 2 atom stereocenters. The summed E-state index contributed by atoms with van der Waals surface area (Å²) in [6, 6.07) is 5.22. The second-order valence-electron chi connectivity index (χ2n) is 7.98. The lowest BCUT2D eigenvalue weighted by molar-refractivity contribution is -0.190. The molecule has 2 heterocycles. The zero-order valence-corrected chi connectivity index (χ0v) is 17.3. The summed E-state index contributed by atoms with van der Waals surface area (Å²) in [7, 11) is 1.53. The maximum atomic E-state index is 12.8. The van der Waals surface area contributed by atoms with Crippen LogP contribution in [-0.2, 0) is 24.0 Å². The monoisotopic (exact) mass is 419 g/mol. The Morgan fingerprint density at radius 2 is 1.70 bits per heavy atom. The normalized spacial score (nSPS) is 21.5. The van der Waals surface area contributed by atoms with Crippen molar-refractivity contribution in [1.29, 1.82) is 0 Å². The van der Waals surface area contributed by atoms with Crippen LogP contribution in [0.1, 0.15) is 33.6 Å². The van der Waals surface area contributed by atoms with Crippen LogP contribution in [0.25, 0.3) is 0 Å². The Morgan fingerprint density at radius 3 is 2.23 bits per heavy atom. The first kappa shape index (κ1) is 21.6. The third-order valence-corrected chi connectivity index (χ3v) is 4.62. The zero-order valence-electron chi connectivity index (χ0n) is 17.3. The molecule has 0 saturated carbocycles. The Morgan fingerprint density at radius 1 is 1.10 bits per heavy atom. The average Bonchev–Trinajstić information content (AvgIpc) is 3.00. The summed E-state index contributed by atoms with van der Waals surface area (Å²) in [6.07, 6.45) is -0.567. The molecule has 0 radical (unpaired) electrons. The van der Waals surface area contributed by atoms with Gasteiger partial charge < -0.3 is 19.7 Å². The third-order valence-electron chi connectivity index (χ3n) is 4.62. The lowest BCUT2D eigenvalue weighted by Gasteiger charge is -2.46. The summed E-state index contributed by atoms with van der Waals surface area (Å²) in [5.41, 5.74) is -0.164. The number of amides is 4. The number of rotatable bonds is 6. The lowest BCUT2D eigenvalue weighted by atomic mass is 9.94. The second kappa shape index (κ2) is 8.31. The van der Waals surface area contributed by atoms with Crippen molar-refractivity contribution in [2.24, 2.45) is 0 Å². The molecule has 10 nitrogen and oxygen atoms in total. The molecule has 0 aliphatic carbocycles. The van der Waals surface area contributed by atoms with E-state index in [0.717, 1.165) is 5.06 Å². The first-order valence-electron chi connectivity index (χ1n) is 9.56. The van der Waals surface area contributed by atoms with Crippen LogP contribution in [0.5, 0.6) is 5.75 Å². The molecule has 0 aromatic heterocycles. The van der Waals surface area contributed by atoms with E-state index in [2.05, 4.69) is 5.32 Å². The predicted molar refractivity (Wildman–Crippen MR) is 104 cm³/mol. The van der Waals surface area contributed by atoms with Gasteiger partial charge in [-0.15, -0.1) is 0 Å². The molecule has 162 valence electrons. The van der Waals surface area contributed by atoms with Gasteiger partial charge >= 0.3 is 6.09 Å². The SMILES string of the molecule is COc1ccc(N2C(=O)C(NC(=O)OC(C)(C)C)C2CON2C(=O)CCC2=O)cc1. The molecule has 2 fully saturated rings. The minimum absolute atomic E-state index is 0.0875. The number of hydrogen-bond acceptors (Lipinski definition) is 7. The fraction of sp³-hybridized carbons (Fsp3) is 0.500. The summed E-state index contributed by atoms with van der Waals surface area (Å²) < 4.78 is 10.4. The Hall–Kier alpha value is -3.14. The second-order valence-corrected chi connectivity index (χ2v) is 7.98. The number of methoxy groups -OCH3 is 1. The van der Waals surface area contributed by atoms with Gasteiger partial charge in [-0.25, -0.2) is 4.79 Å². The Labute approximate surface area is 174 Å². The molecule has 2 unspecified atom stereocenters. The number of β-lactam (4-membered cyclic amide) rings is 1. The molecule has 2 aliphatic heterocycles. The highest BCUT2D eigenvalue weighted by Gasteiger charge is 2.50. The van der Waals surface area contributed by atoms with Crippen molar-refractivity contribution in [3.63, 3.8) is 0 Å². The maximum Gasteiger partial charge on any atom is 0.408 e. The van der Waals surface area contributed by atoms with Crippen molar-refractivity contribution >= 4 is 29.5 Å². The third kappa shape index (κ3) is 4.54. The number of hydroxylamine groups is 2. The number of nitrogens with zero attached hydrogens (tertiary/aromatic N) is 2. The summed E-state index contributed by atoms with van der Waals surface area (Å²) in [5, 5.41) is 3.27. The summed E-state index contributed by atoms with van der Waals surface area (Å²) >= 11 is 0. The van der Waals surface area contributed by atoms with E-state index < -0.39 is 35.6 Å². The largest absolute Gasteiger partial charge is 0.497 e. The summed E-state index contributed by atoms with van der Waals surface area (Å²) in [5.74, 6) is -0.605. The number of alkyl carbamates (subject to hydrolysis) is 1. The fourth-order valence-corrected chi connectivity index (χ4v) is 3.22. The zero-order chi connectivity index (χ0) is 22.1. The highest BCUT2D eigenvalue weighted by Crippen LogP contribution is 2.31. The number of carbonyl (C=O) groups excluding carboxylic acids is 4. The number of benzene rings is 1. The van der Waals surface area contributed by atoms with Crippen molar-refractivity contribution in [3.8, 4) is 5.75 Å². The van der Waals surface area contributed by atoms with E-state index >= 15 is 0 Å². The highest BCUT2D eigenvalue weighted by molar-refractivity contribution is 6.07. The van der Waals surface area contributed by atoms with Crippen LogP contribution in [-0.4, -0.2) is 60.3 Å². The van der Waals surface area contributed by atoms with Crippen LogP contribution in [0.15, 0.2) is 24.3 Å². The number of ether oxygens (including phenoxy) is 2. The standard InChI is InChI=1S/C20H25N3O7/c1-20(2,3)30-19(27)21-17-14(11-29-23-15(24)9-10-16(23)25)22(18(17)26)12-5-7-13(28-4)8-6-12/h5-8,14,17H,9-11H2,1-4H3,(H,21,27). The fourth-order valence-electron chi connectivity index (χ4n) is 3.22. The molecule has 0 spiro atoms. The Kier molecular flexibility index (Phi) is 5.97. The molecule has 2 aliphatic rings. The van der Waals surface area contributed by atoms with Crippen molar-refractivity contribution in [2.75, 3.05) is 18.6 Å². The number of nitrogens with one attached hydrogen (secondary N) is 1. The van der Waals surface area contributed by atoms with Crippen LogP contribution in [0.4, 0.5) is 10.5 Å². The van der Waals surface area contributed by atoms with Gasteiger partial charge in [0.15, 0.2) is 0 Å². The molecular weight excluding hydrogens is 394 g/mol. The van der Waals surface area contributed by atoms with Crippen LogP contribution >= 0.6 is 0 Å². The van der Waals surface area contributed by atoms with Gasteiger partial charge in [-0.05, 0) is 45.0 Å². The van der Waals surface area contributed by atoms with E-state index in [1.807, 2.05) is 0 Å². The minimum atomic E-state index is -0.922. The van der Waals surface area contributed by atoms with Gasteiger partial charge in [-0.3, -0.25) is 19.2 Å². The first-order chi connectivity index (χ1) is 14.1. The molecule has 10 heteroatoms. The van der Waals surface area contributed by atoms with Crippen LogP contribution in [0.2, 0.25) is 0 Å². The van der Waals surface area contributed by atoms with E-state index in [0.29, 0.717) is 11.4 Å². The molecule has 1 N–H and O–H groups in total. The highest BCUT2D eigenvalue weighted by atomic mass is 16.7. The first-order valence-corrected chi connectivity index (χ1v) is 9.56. The molecule has 1 aromatic carbocycles. The van der Waals surface area contributed by atoms with Crippen molar-refractivity contribution in [3.05, 3.63) is 24.3 Å². The maximum absolute atomic E-state index is 12.8. The molecular formula is C20H25N3O7. The smallest absolute Gasteiger partial charge is 0.408 e. The Balaban J connectivity index is 1.75. The molecule has 0 bridgehead atoms. The van der Waals surface area contributed by atoms with Gasteiger partial charge in [0, 0.05) is 18.5 Å². The average molecular weight is 419 g/mol. The number of hydrogen-bond donors (Lipinski definition) is 1. The molecule has 2 saturated heterocycles. The van der Waals surface area contributed by atoms with E-state index in [4.69, 9.17) is 14.3 Å². The van der Waals surface area contributed by atoms with Gasteiger partial charge in [0.2, 0.25) is 0 Å². The van der Waals surface area contributed by atoms with Gasteiger partial charge in [0.1, 0.15) is 17.4 Å². The van der Waals surface area contributed by atoms with Gasteiger partial charge in [0.05, 0.1) is 19.8 Å². The summed E-state index contributed by atoms with van der Waals surface area (Å²) in [4.78, 5) is 55.4. The van der Waals surface area contributed by atoms with Crippen molar-refractivity contribution in [2.45, 2.75) is 51.3 Å². The quantitative estimate of drug-likeness (QED) is 0.547. The van der Waals surface area contributed by atoms with E-state index in [1.165, 1.54) is 12.0 Å². The predicted octanol–water partition coefficient (Wildman–Crippen LogP) is 1.38. The van der Waals surface area contributed by atoms with Crippen LogP contribution < -0.4 is 15.0 Å². The van der Waals surface area contributed by atoms with Gasteiger partial charge in [-0.1, -0.05) is 0 Å². The van der Waals surface area contributed by atoms with E-state index in [1.54, 1.807) is 45.0 Å². The summed E-state index contributed by atoms with van der Waals surface area (Å²) in [6.45, 7) is 4.98. The van der Waals surface area contributed by atoms with Gasteiger partial charge in [-0.2, -0.15) is 5.06 Å². The van der Waals surface area contributed by atoms with Gasteiger partial charge in [0.25, 0.3) is 17.7 Å². The van der Waals surface area contributed by atoms with E-state index in [9.17, 15) is 19.2 Å². The molecule has 1 aromatic rings. The number of carbonyl (C=O) groups is 4. The van der Waals surface area contributed by atoms with Crippen LogP contribution in [0, 0.1) is 0 Å². The topological polar surface area (TPSA) is 114 Å². The molecule has 3 rings (SSSR count). The number of imide groups is 1. The Bertz CT molecular complexity index is 831.